The highest BCUT2D eigenvalue weighted by molar-refractivity contribution is 6.32. The molecule has 0 spiro atoms. The van der Waals surface area contributed by atoms with Gasteiger partial charge in [-0.3, -0.25) is 4.79 Å². The fourth-order valence-corrected chi connectivity index (χ4v) is 2.53. The number of nitrogens with one attached hydrogen (secondary N) is 1. The highest BCUT2D eigenvalue weighted by Gasteiger charge is 2.36. The minimum atomic E-state index is -0.759. The Morgan fingerprint density at radius 3 is 2.86 bits per heavy atom. The molecular weight excluding hydrogens is 268 g/mol. The van der Waals surface area contributed by atoms with E-state index in [0.717, 1.165) is 29.3 Å². The molecule has 1 aliphatic rings. The fourth-order valence-electron chi connectivity index (χ4n) is 2.53. The quantitative estimate of drug-likeness (QED) is 0.692. The number of carbonyl (C=O) groups is 2. The molecule has 0 aliphatic heterocycles. The highest BCUT2D eigenvalue weighted by Crippen LogP contribution is 2.30. The van der Waals surface area contributed by atoms with Gasteiger partial charge >= 0.3 is 11.9 Å². The maximum Gasteiger partial charge on any atom is 0.397 e. The van der Waals surface area contributed by atoms with E-state index < -0.39 is 11.9 Å². The summed E-state index contributed by atoms with van der Waals surface area (Å²) < 4.78 is 4.84. The van der Waals surface area contributed by atoms with Crippen molar-refractivity contribution in [2.45, 2.75) is 32.4 Å². The maximum atomic E-state index is 12.2. The van der Waals surface area contributed by atoms with Crippen LogP contribution in [0.5, 0.6) is 0 Å². The standard InChI is InChI=1S/C16H18N2O3/c1-2-21-16(20)15(19)18(12-6-7-12)10-11-4-3-5-14-13(11)8-9-17-14/h3-5,8-9,12,17H,2,6-7,10H2,1H3. The van der Waals surface area contributed by atoms with E-state index in [0.29, 0.717) is 6.54 Å². The second kappa shape index (κ2) is 5.60. The van der Waals surface area contributed by atoms with Crippen LogP contribution in [0.2, 0.25) is 0 Å². The second-order valence-electron chi connectivity index (χ2n) is 5.24. The lowest BCUT2D eigenvalue weighted by Gasteiger charge is -2.21. The summed E-state index contributed by atoms with van der Waals surface area (Å²) in [7, 11) is 0. The lowest BCUT2D eigenvalue weighted by atomic mass is 10.1. The molecule has 0 unspecified atom stereocenters. The predicted octanol–water partition coefficient (Wildman–Crippen LogP) is 2.22. The number of amides is 1. The van der Waals surface area contributed by atoms with Gasteiger partial charge in [-0.15, -0.1) is 0 Å². The fraction of sp³-hybridized carbons (Fsp3) is 0.375. The molecule has 1 heterocycles. The van der Waals surface area contributed by atoms with Gasteiger partial charge in [0.2, 0.25) is 0 Å². The Hall–Kier alpha value is -2.30. The van der Waals surface area contributed by atoms with E-state index in [-0.39, 0.29) is 12.6 Å². The van der Waals surface area contributed by atoms with Gasteiger partial charge in [-0.05, 0) is 37.5 Å². The lowest BCUT2D eigenvalue weighted by Crippen LogP contribution is -2.38. The molecule has 1 aliphatic carbocycles. The number of hydrogen-bond donors (Lipinski definition) is 1. The van der Waals surface area contributed by atoms with Crippen LogP contribution in [0, 0.1) is 0 Å². The minimum absolute atomic E-state index is 0.163. The van der Waals surface area contributed by atoms with Crippen LogP contribution in [0.3, 0.4) is 0 Å². The molecule has 0 bridgehead atoms. The number of fused-ring (bicyclic) bond motifs is 1. The first-order valence-electron chi connectivity index (χ1n) is 7.23. The van der Waals surface area contributed by atoms with Crippen molar-refractivity contribution in [3.8, 4) is 0 Å². The molecule has 0 saturated heterocycles. The topological polar surface area (TPSA) is 62.4 Å². The van der Waals surface area contributed by atoms with Crippen molar-refractivity contribution in [2.75, 3.05) is 6.61 Å². The zero-order valence-corrected chi connectivity index (χ0v) is 12.0. The van der Waals surface area contributed by atoms with Crippen molar-refractivity contribution in [1.82, 2.24) is 9.88 Å². The normalized spacial score (nSPS) is 14.1. The molecule has 1 aromatic heterocycles. The van der Waals surface area contributed by atoms with Crippen LogP contribution in [-0.2, 0) is 20.9 Å². The molecule has 5 nitrogen and oxygen atoms in total. The molecule has 1 N–H and O–H groups in total. The molecule has 1 amide bonds. The third-order valence-electron chi connectivity index (χ3n) is 3.72. The van der Waals surface area contributed by atoms with Crippen molar-refractivity contribution in [2.24, 2.45) is 0 Å². The number of aromatic amines is 1. The van der Waals surface area contributed by atoms with Gasteiger partial charge in [0.05, 0.1) is 6.61 Å². The van der Waals surface area contributed by atoms with E-state index in [9.17, 15) is 9.59 Å². The zero-order valence-electron chi connectivity index (χ0n) is 12.0. The first-order valence-corrected chi connectivity index (χ1v) is 7.23. The Bertz CT molecular complexity index is 673. The minimum Gasteiger partial charge on any atom is -0.459 e. The summed E-state index contributed by atoms with van der Waals surface area (Å²) in [6.45, 7) is 2.36. The van der Waals surface area contributed by atoms with Crippen LogP contribution < -0.4 is 0 Å². The number of rotatable bonds is 4. The van der Waals surface area contributed by atoms with Crippen LogP contribution in [-0.4, -0.2) is 34.4 Å². The van der Waals surface area contributed by atoms with Gasteiger partial charge in [-0.1, -0.05) is 12.1 Å². The van der Waals surface area contributed by atoms with Gasteiger partial charge in [0, 0.05) is 29.7 Å². The van der Waals surface area contributed by atoms with Crippen LogP contribution >= 0.6 is 0 Å². The first kappa shape index (κ1) is 13.7. The molecule has 21 heavy (non-hydrogen) atoms. The smallest absolute Gasteiger partial charge is 0.397 e. The lowest BCUT2D eigenvalue weighted by molar-refractivity contribution is -0.160. The summed E-state index contributed by atoms with van der Waals surface area (Å²) in [5.74, 6) is -1.29. The highest BCUT2D eigenvalue weighted by atomic mass is 16.5. The summed E-state index contributed by atoms with van der Waals surface area (Å²) in [6, 6.07) is 8.09. The molecule has 1 aromatic carbocycles. The maximum absolute atomic E-state index is 12.2. The van der Waals surface area contributed by atoms with Crippen LogP contribution in [0.25, 0.3) is 10.9 Å². The van der Waals surface area contributed by atoms with Crippen molar-refractivity contribution in [3.63, 3.8) is 0 Å². The van der Waals surface area contributed by atoms with Gasteiger partial charge in [0.25, 0.3) is 0 Å². The van der Waals surface area contributed by atoms with Crippen LogP contribution in [0.15, 0.2) is 30.5 Å². The monoisotopic (exact) mass is 286 g/mol. The molecule has 5 heteroatoms. The third kappa shape index (κ3) is 2.77. The molecule has 3 rings (SSSR count). The van der Waals surface area contributed by atoms with E-state index >= 15 is 0 Å². The number of esters is 1. The molecule has 0 atom stereocenters. The van der Waals surface area contributed by atoms with E-state index in [4.69, 9.17) is 4.74 Å². The van der Waals surface area contributed by atoms with Gasteiger partial charge < -0.3 is 14.6 Å². The number of aromatic nitrogens is 1. The van der Waals surface area contributed by atoms with Crippen molar-refractivity contribution in [1.29, 1.82) is 0 Å². The third-order valence-corrected chi connectivity index (χ3v) is 3.72. The summed E-state index contributed by atoms with van der Waals surface area (Å²) in [5, 5.41) is 1.08. The Morgan fingerprint density at radius 1 is 1.33 bits per heavy atom. The van der Waals surface area contributed by atoms with Crippen LogP contribution in [0.4, 0.5) is 0 Å². The number of nitrogens with zero attached hydrogens (tertiary/aromatic N) is 1. The van der Waals surface area contributed by atoms with Gasteiger partial charge in [-0.25, -0.2) is 4.79 Å². The second-order valence-corrected chi connectivity index (χ2v) is 5.24. The predicted molar refractivity (Wildman–Crippen MR) is 78.5 cm³/mol. The molecule has 2 aromatic rings. The Balaban J connectivity index is 1.84. The van der Waals surface area contributed by atoms with E-state index in [1.165, 1.54) is 0 Å². The molecule has 110 valence electrons. The summed E-state index contributed by atoms with van der Waals surface area (Å²) >= 11 is 0. The van der Waals surface area contributed by atoms with E-state index in [1.807, 2.05) is 30.5 Å². The molecule has 0 radical (unpaired) electrons. The van der Waals surface area contributed by atoms with Crippen molar-refractivity contribution in [3.05, 3.63) is 36.0 Å². The molecule has 1 saturated carbocycles. The van der Waals surface area contributed by atoms with Gasteiger partial charge in [0.1, 0.15) is 0 Å². The van der Waals surface area contributed by atoms with Crippen molar-refractivity contribution < 1.29 is 14.3 Å². The Morgan fingerprint density at radius 2 is 2.14 bits per heavy atom. The van der Waals surface area contributed by atoms with Crippen LogP contribution in [0.1, 0.15) is 25.3 Å². The first-order chi connectivity index (χ1) is 10.2. The number of hydrogen-bond acceptors (Lipinski definition) is 3. The Labute approximate surface area is 122 Å². The summed E-state index contributed by atoms with van der Waals surface area (Å²) in [5.41, 5.74) is 2.07. The molecule has 1 fully saturated rings. The number of benzene rings is 1. The van der Waals surface area contributed by atoms with Gasteiger partial charge in [-0.2, -0.15) is 0 Å². The summed E-state index contributed by atoms with van der Waals surface area (Å²) in [4.78, 5) is 28.7. The zero-order chi connectivity index (χ0) is 14.8. The average Bonchev–Trinajstić information content (AvgIpc) is 3.20. The van der Waals surface area contributed by atoms with Gasteiger partial charge in [0.15, 0.2) is 0 Å². The number of ether oxygens (including phenoxy) is 1. The van der Waals surface area contributed by atoms with E-state index in [1.54, 1.807) is 11.8 Å². The average molecular weight is 286 g/mol. The Kier molecular flexibility index (Phi) is 3.64. The molecular formula is C16H18N2O3. The SMILES string of the molecule is CCOC(=O)C(=O)N(Cc1cccc2[nH]ccc12)C1CC1. The number of carbonyl (C=O) groups excluding carboxylic acids is 2. The van der Waals surface area contributed by atoms with Crippen molar-refractivity contribution >= 4 is 22.8 Å². The largest absolute Gasteiger partial charge is 0.459 e. The summed E-state index contributed by atoms with van der Waals surface area (Å²) in [6.07, 6.45) is 3.78. The van der Waals surface area contributed by atoms with E-state index in [2.05, 4.69) is 4.98 Å². The number of H-pyrrole nitrogens is 1.